The topological polar surface area (TPSA) is 36.1 Å². The Morgan fingerprint density at radius 1 is 1.05 bits per heavy atom. The van der Waals surface area contributed by atoms with E-state index >= 15 is 0 Å². The van der Waals surface area contributed by atoms with Crippen molar-refractivity contribution in [1.29, 1.82) is 0 Å². The van der Waals surface area contributed by atoms with Crippen LogP contribution in [0.2, 0.25) is 0 Å². The van der Waals surface area contributed by atoms with Crippen molar-refractivity contribution in [2.24, 2.45) is 5.41 Å². The highest BCUT2D eigenvalue weighted by Gasteiger charge is 2.32. The highest BCUT2D eigenvalue weighted by molar-refractivity contribution is 5.85. The summed E-state index contributed by atoms with van der Waals surface area (Å²) in [6, 6.07) is 11.3. The average molecular weight is 596 g/mol. The summed E-state index contributed by atoms with van der Waals surface area (Å²) in [6.07, 6.45) is -0.129. The second-order valence-corrected chi connectivity index (χ2v) is 10.6. The van der Waals surface area contributed by atoms with Crippen LogP contribution < -0.4 is 16.2 Å². The molecule has 0 bridgehead atoms. The van der Waals surface area contributed by atoms with Crippen LogP contribution in [0.1, 0.15) is 36.5 Å². The summed E-state index contributed by atoms with van der Waals surface area (Å²) < 4.78 is 84.7. The van der Waals surface area contributed by atoms with Crippen molar-refractivity contribution in [3.8, 4) is 11.1 Å². The number of anilines is 1. The Hall–Kier alpha value is -4.46. The first-order chi connectivity index (χ1) is 20.4. The van der Waals surface area contributed by atoms with Gasteiger partial charge in [-0.05, 0) is 66.1 Å². The van der Waals surface area contributed by atoms with Gasteiger partial charge in [0, 0.05) is 28.9 Å². The molecule has 3 nitrogen and oxygen atoms in total. The number of allylic oxidation sites excluding steroid dienone is 1. The zero-order valence-corrected chi connectivity index (χ0v) is 23.6. The quantitative estimate of drug-likeness (QED) is 0.188. The van der Waals surface area contributed by atoms with Gasteiger partial charge in [0.15, 0.2) is 11.6 Å². The average Bonchev–Trinajstić information content (AvgIpc) is 3.03. The zero-order chi connectivity index (χ0) is 31.4. The van der Waals surface area contributed by atoms with E-state index in [9.17, 15) is 26.3 Å². The lowest BCUT2D eigenvalue weighted by Crippen LogP contribution is -2.32. The van der Waals surface area contributed by atoms with E-state index in [2.05, 4.69) is 41.6 Å². The van der Waals surface area contributed by atoms with E-state index in [0.717, 1.165) is 18.2 Å². The molecule has 0 aliphatic carbocycles. The number of hydrogen-bond donors (Lipinski definition) is 3. The third-order valence-electron chi connectivity index (χ3n) is 7.33. The van der Waals surface area contributed by atoms with Crippen molar-refractivity contribution in [3.05, 3.63) is 137 Å². The van der Waals surface area contributed by atoms with Gasteiger partial charge in [-0.25, -0.2) is 18.6 Å². The number of rotatable bonds is 7. The smallest absolute Gasteiger partial charge is 0.348 e. The van der Waals surface area contributed by atoms with Crippen LogP contribution in [0, 0.1) is 22.9 Å². The van der Waals surface area contributed by atoms with E-state index in [1.807, 2.05) is 13.0 Å². The van der Waals surface area contributed by atoms with Gasteiger partial charge in [0.1, 0.15) is 5.82 Å². The van der Waals surface area contributed by atoms with Crippen LogP contribution in [0.5, 0.6) is 0 Å². The van der Waals surface area contributed by atoms with Gasteiger partial charge in [-0.1, -0.05) is 63.1 Å². The Kier molecular flexibility index (Phi) is 9.38. The van der Waals surface area contributed by atoms with E-state index < -0.39 is 34.6 Å². The Morgan fingerprint density at radius 2 is 1.77 bits per heavy atom. The minimum atomic E-state index is -4.65. The molecule has 1 atom stereocenters. The maximum absolute atomic E-state index is 14.7. The molecule has 0 saturated carbocycles. The largest absolute Gasteiger partial charge is 0.416 e. The van der Waals surface area contributed by atoms with Gasteiger partial charge in [-0.15, -0.1) is 5.73 Å². The fourth-order valence-corrected chi connectivity index (χ4v) is 5.18. The van der Waals surface area contributed by atoms with Crippen LogP contribution in [0.4, 0.5) is 32.0 Å². The number of benzene rings is 3. The Bertz CT molecular complexity index is 1630. The summed E-state index contributed by atoms with van der Waals surface area (Å²) in [6.45, 7) is 14.0. The third-order valence-corrected chi connectivity index (χ3v) is 7.33. The highest BCUT2D eigenvalue weighted by Crippen LogP contribution is 2.40. The van der Waals surface area contributed by atoms with Crippen LogP contribution in [0.25, 0.3) is 17.2 Å². The maximum Gasteiger partial charge on any atom is 0.416 e. The van der Waals surface area contributed by atoms with Crippen molar-refractivity contribution >= 4 is 11.8 Å². The summed E-state index contributed by atoms with van der Waals surface area (Å²) >= 11 is 0. The number of halogens is 6. The van der Waals surface area contributed by atoms with Gasteiger partial charge >= 0.3 is 6.18 Å². The molecule has 9 heteroatoms. The standard InChI is InChI=1S/C34H31F6N3/c1-5-24-25(11-8-12-28(24)35)26-18-23(34(38,39)40)14-15-31(26)42-30(6-2)27-20-33(4,16-9-17-41-43-21(27)3)19-22-10-7-13-29(36)32(22)37/h5,7-8,10-15,18,20,41-43H,1-3,9,16-17,19H2,4H3/b27-20+. The van der Waals surface area contributed by atoms with E-state index in [0.29, 0.717) is 30.7 Å². The molecule has 0 aromatic heterocycles. The number of hydrogen-bond acceptors (Lipinski definition) is 3. The van der Waals surface area contributed by atoms with Crippen LogP contribution in [0.3, 0.4) is 0 Å². The van der Waals surface area contributed by atoms with Gasteiger partial charge in [-0.2, -0.15) is 13.2 Å². The first-order valence-corrected chi connectivity index (χ1v) is 13.5. The second-order valence-electron chi connectivity index (χ2n) is 10.6. The fraction of sp³-hybridized carbons (Fsp3) is 0.206. The van der Waals surface area contributed by atoms with Gasteiger partial charge < -0.3 is 10.7 Å². The summed E-state index contributed by atoms with van der Waals surface area (Å²) in [4.78, 5) is 0. The van der Waals surface area contributed by atoms with E-state index in [1.54, 1.807) is 0 Å². The molecule has 0 saturated heterocycles. The summed E-state index contributed by atoms with van der Waals surface area (Å²) in [5, 5.41) is 3.12. The van der Waals surface area contributed by atoms with Crippen LogP contribution in [0.15, 0.2) is 103 Å². The molecule has 0 spiro atoms. The van der Waals surface area contributed by atoms with E-state index in [4.69, 9.17) is 0 Å². The van der Waals surface area contributed by atoms with Gasteiger partial charge in [0.2, 0.25) is 0 Å². The molecule has 3 aromatic carbocycles. The van der Waals surface area contributed by atoms with E-state index in [-0.39, 0.29) is 40.1 Å². The van der Waals surface area contributed by atoms with Crippen molar-refractivity contribution in [2.75, 3.05) is 11.9 Å². The molecule has 1 unspecified atom stereocenters. The summed E-state index contributed by atoms with van der Waals surface area (Å²) in [5.41, 5.74) is 9.09. The van der Waals surface area contributed by atoms with E-state index in [1.165, 1.54) is 42.5 Å². The molecule has 0 fully saturated rings. The molecular weight excluding hydrogens is 564 g/mol. The maximum atomic E-state index is 14.7. The minimum Gasteiger partial charge on any atom is -0.348 e. The lowest BCUT2D eigenvalue weighted by molar-refractivity contribution is -0.137. The first kappa shape index (κ1) is 31.5. The number of nitrogens with one attached hydrogen (secondary N) is 3. The second kappa shape index (κ2) is 12.8. The SMILES string of the molecule is C=C=C(Nc1ccc(C(F)(F)F)cc1-c1cccc(F)c1C=C)/C1=C/C(C)(Cc2cccc(F)c2F)CCCNNC1=C. The number of hydrazine groups is 1. The molecular formula is C34H31F6N3. The summed E-state index contributed by atoms with van der Waals surface area (Å²) in [5.74, 6) is -2.51. The Balaban J connectivity index is 1.84. The molecule has 224 valence electrons. The molecule has 1 heterocycles. The Morgan fingerprint density at radius 3 is 2.47 bits per heavy atom. The lowest BCUT2D eigenvalue weighted by atomic mass is 9.77. The van der Waals surface area contributed by atoms with Crippen molar-refractivity contribution in [3.63, 3.8) is 0 Å². The molecule has 0 amide bonds. The van der Waals surface area contributed by atoms with Crippen LogP contribution >= 0.6 is 0 Å². The first-order valence-electron chi connectivity index (χ1n) is 13.5. The zero-order valence-electron chi connectivity index (χ0n) is 23.6. The minimum absolute atomic E-state index is 0.0376. The monoisotopic (exact) mass is 595 g/mol. The molecule has 1 aliphatic heterocycles. The molecule has 4 rings (SSSR count). The van der Waals surface area contributed by atoms with Crippen LogP contribution in [-0.4, -0.2) is 6.54 Å². The van der Waals surface area contributed by atoms with Crippen molar-refractivity contribution in [2.45, 2.75) is 32.4 Å². The molecule has 3 aromatic rings. The van der Waals surface area contributed by atoms with Gasteiger partial charge in [0.05, 0.1) is 17.0 Å². The van der Waals surface area contributed by atoms with Crippen LogP contribution in [-0.2, 0) is 12.6 Å². The molecule has 1 aliphatic rings. The normalized spacial score (nSPS) is 18.7. The Labute approximate surface area is 247 Å². The van der Waals surface area contributed by atoms with Crippen molar-refractivity contribution in [1.82, 2.24) is 10.9 Å². The predicted octanol–water partition coefficient (Wildman–Crippen LogP) is 9.09. The lowest BCUT2D eigenvalue weighted by Gasteiger charge is -2.28. The number of alkyl halides is 3. The third kappa shape index (κ3) is 7.13. The summed E-state index contributed by atoms with van der Waals surface area (Å²) in [7, 11) is 0. The predicted molar refractivity (Wildman–Crippen MR) is 159 cm³/mol. The molecule has 0 radical (unpaired) electrons. The molecule has 3 N–H and O–H groups in total. The highest BCUT2D eigenvalue weighted by atomic mass is 19.4. The van der Waals surface area contributed by atoms with Gasteiger partial charge in [-0.3, -0.25) is 0 Å². The fourth-order valence-electron chi connectivity index (χ4n) is 5.18. The van der Waals surface area contributed by atoms with Gasteiger partial charge in [0.25, 0.3) is 0 Å². The molecule has 43 heavy (non-hydrogen) atoms. The van der Waals surface area contributed by atoms with Crippen molar-refractivity contribution < 1.29 is 26.3 Å².